The van der Waals surface area contributed by atoms with E-state index in [2.05, 4.69) is 5.32 Å². The van der Waals surface area contributed by atoms with Gasteiger partial charge in [-0.1, -0.05) is 0 Å². The number of carbonyl (C=O) groups is 1. The zero-order chi connectivity index (χ0) is 15.9. The average molecular weight is 328 g/mol. The molecule has 1 N–H and O–H groups in total. The van der Waals surface area contributed by atoms with E-state index in [-0.39, 0.29) is 37.4 Å². The zero-order valence-electron chi connectivity index (χ0n) is 11.7. The summed E-state index contributed by atoms with van der Waals surface area (Å²) in [7, 11) is -3.25. The van der Waals surface area contributed by atoms with E-state index in [0.717, 1.165) is 4.90 Å². The lowest BCUT2D eigenvalue weighted by Crippen LogP contribution is -2.56. The number of nitrogens with zero attached hydrogens (tertiary/aromatic N) is 1. The maximum absolute atomic E-state index is 13.4. The normalized spacial score (nSPS) is 32.3. The van der Waals surface area contributed by atoms with Gasteiger partial charge in [-0.2, -0.15) is 13.2 Å². The molecule has 9 heteroatoms. The number of nitrogens with one attached hydrogen (secondary N) is 1. The minimum atomic E-state index is -4.64. The number of amides is 1. The lowest BCUT2D eigenvalue weighted by Gasteiger charge is -2.37. The molecular weight excluding hydrogens is 309 g/mol. The Hall–Kier alpha value is -0.830. The molecule has 2 heterocycles. The van der Waals surface area contributed by atoms with Crippen molar-refractivity contribution in [3.8, 4) is 0 Å². The summed E-state index contributed by atoms with van der Waals surface area (Å²) in [5.41, 5.74) is -2.42. The van der Waals surface area contributed by atoms with Gasteiger partial charge >= 0.3 is 6.18 Å². The van der Waals surface area contributed by atoms with Crippen LogP contribution in [0.4, 0.5) is 13.2 Å². The second-order valence-electron chi connectivity index (χ2n) is 5.65. The average Bonchev–Trinajstić information content (AvgIpc) is 2.96. The number of hydrogen-bond acceptors (Lipinski definition) is 4. The van der Waals surface area contributed by atoms with Crippen LogP contribution in [-0.2, 0) is 14.6 Å². The SMILES string of the molecule is CCN(C(=O)C1(C(F)(F)F)CCNC1)C1CCS(=O)(=O)C1. The Bertz CT molecular complexity index is 512. The summed E-state index contributed by atoms with van der Waals surface area (Å²) in [5.74, 6) is -1.31. The van der Waals surface area contributed by atoms with E-state index in [0.29, 0.717) is 0 Å². The predicted molar refractivity (Wildman–Crippen MR) is 70.4 cm³/mol. The van der Waals surface area contributed by atoms with Crippen molar-refractivity contribution < 1.29 is 26.4 Å². The van der Waals surface area contributed by atoms with Gasteiger partial charge in [0.05, 0.1) is 11.5 Å². The molecule has 2 fully saturated rings. The molecule has 5 nitrogen and oxygen atoms in total. The Labute approximate surface area is 121 Å². The lowest BCUT2D eigenvalue weighted by molar-refractivity contribution is -0.222. The molecule has 2 saturated heterocycles. The third-order valence-corrected chi connectivity index (χ3v) is 6.11. The van der Waals surface area contributed by atoms with Gasteiger partial charge in [0.2, 0.25) is 5.91 Å². The Morgan fingerprint density at radius 1 is 1.43 bits per heavy atom. The summed E-state index contributed by atoms with van der Waals surface area (Å²) in [6.07, 6.45) is -4.73. The van der Waals surface area contributed by atoms with E-state index < -0.39 is 39.9 Å². The molecule has 2 aliphatic rings. The minimum absolute atomic E-state index is 0.0707. The van der Waals surface area contributed by atoms with Crippen molar-refractivity contribution in [1.29, 1.82) is 0 Å². The van der Waals surface area contributed by atoms with Crippen LogP contribution in [0.15, 0.2) is 0 Å². The van der Waals surface area contributed by atoms with Gasteiger partial charge in [-0.3, -0.25) is 4.79 Å². The van der Waals surface area contributed by atoms with Crippen LogP contribution in [0, 0.1) is 5.41 Å². The molecule has 2 aliphatic heterocycles. The van der Waals surface area contributed by atoms with Gasteiger partial charge in [-0.05, 0) is 26.3 Å². The van der Waals surface area contributed by atoms with Gasteiger partial charge < -0.3 is 10.2 Å². The molecule has 2 rings (SSSR count). The number of hydrogen-bond donors (Lipinski definition) is 1. The second-order valence-corrected chi connectivity index (χ2v) is 7.88. The fraction of sp³-hybridized carbons (Fsp3) is 0.917. The van der Waals surface area contributed by atoms with Gasteiger partial charge in [-0.15, -0.1) is 0 Å². The van der Waals surface area contributed by atoms with E-state index in [1.807, 2.05) is 0 Å². The first kappa shape index (κ1) is 16.5. The van der Waals surface area contributed by atoms with Crippen LogP contribution in [0.5, 0.6) is 0 Å². The molecule has 0 saturated carbocycles. The first-order valence-electron chi connectivity index (χ1n) is 6.92. The summed E-state index contributed by atoms with van der Waals surface area (Å²) in [4.78, 5) is 13.6. The van der Waals surface area contributed by atoms with Crippen LogP contribution in [0.3, 0.4) is 0 Å². The highest BCUT2D eigenvalue weighted by Gasteiger charge is 2.63. The molecule has 21 heavy (non-hydrogen) atoms. The topological polar surface area (TPSA) is 66.5 Å². The number of alkyl halides is 3. The Balaban J connectivity index is 2.27. The molecular formula is C12H19F3N2O3S. The molecule has 2 atom stereocenters. The van der Waals surface area contributed by atoms with Crippen LogP contribution in [0.2, 0.25) is 0 Å². The van der Waals surface area contributed by atoms with Gasteiger partial charge in [0.1, 0.15) is 0 Å². The summed E-state index contributed by atoms with van der Waals surface area (Å²) in [5, 5.41) is 2.60. The quantitative estimate of drug-likeness (QED) is 0.822. The molecule has 0 aromatic rings. The van der Waals surface area contributed by atoms with Crippen LogP contribution in [0.1, 0.15) is 19.8 Å². The minimum Gasteiger partial charge on any atom is -0.338 e. The maximum atomic E-state index is 13.4. The van der Waals surface area contributed by atoms with Gasteiger partial charge in [0, 0.05) is 19.1 Å². The first-order chi connectivity index (χ1) is 9.63. The lowest BCUT2D eigenvalue weighted by atomic mass is 9.84. The Morgan fingerprint density at radius 3 is 2.48 bits per heavy atom. The molecule has 0 bridgehead atoms. The standard InChI is InChI=1S/C12H19F3N2O3S/c1-2-17(9-3-6-21(19,20)7-9)10(18)11(12(13,14)15)4-5-16-8-11/h9,16H,2-8H2,1H3. The van der Waals surface area contributed by atoms with E-state index in [1.165, 1.54) is 0 Å². The molecule has 0 aromatic carbocycles. The van der Waals surface area contributed by atoms with Crippen LogP contribution in [-0.4, -0.2) is 62.6 Å². The summed E-state index contributed by atoms with van der Waals surface area (Å²) < 4.78 is 63.2. The number of rotatable bonds is 3. The van der Waals surface area contributed by atoms with Gasteiger partial charge in [0.15, 0.2) is 15.3 Å². The van der Waals surface area contributed by atoms with Crippen molar-refractivity contribution in [3.05, 3.63) is 0 Å². The molecule has 0 spiro atoms. The monoisotopic (exact) mass is 328 g/mol. The van der Waals surface area contributed by atoms with Crippen LogP contribution in [0.25, 0.3) is 0 Å². The predicted octanol–water partition coefficient (Wildman–Crippen LogP) is 0.564. The second kappa shape index (κ2) is 5.42. The van der Waals surface area contributed by atoms with Gasteiger partial charge in [0.25, 0.3) is 0 Å². The van der Waals surface area contributed by atoms with E-state index in [4.69, 9.17) is 0 Å². The van der Waals surface area contributed by atoms with E-state index >= 15 is 0 Å². The van der Waals surface area contributed by atoms with Crippen molar-refractivity contribution >= 4 is 15.7 Å². The Kier molecular flexibility index (Phi) is 4.27. The fourth-order valence-electron chi connectivity index (χ4n) is 3.10. The highest BCUT2D eigenvalue weighted by atomic mass is 32.2. The number of halogens is 3. The van der Waals surface area contributed by atoms with Crippen LogP contribution < -0.4 is 5.32 Å². The highest BCUT2D eigenvalue weighted by molar-refractivity contribution is 7.91. The van der Waals surface area contributed by atoms with E-state index in [1.54, 1.807) is 6.92 Å². The summed E-state index contributed by atoms with van der Waals surface area (Å²) in [6, 6.07) is -0.646. The molecule has 2 unspecified atom stereocenters. The molecule has 1 amide bonds. The molecule has 0 aromatic heterocycles. The molecule has 122 valence electrons. The Morgan fingerprint density at radius 2 is 2.10 bits per heavy atom. The molecule has 0 aliphatic carbocycles. The van der Waals surface area contributed by atoms with Crippen molar-refractivity contribution in [2.75, 3.05) is 31.1 Å². The van der Waals surface area contributed by atoms with Crippen molar-refractivity contribution in [2.24, 2.45) is 5.41 Å². The van der Waals surface area contributed by atoms with Crippen molar-refractivity contribution in [1.82, 2.24) is 10.2 Å². The summed E-state index contributed by atoms with van der Waals surface area (Å²) >= 11 is 0. The van der Waals surface area contributed by atoms with Crippen molar-refractivity contribution in [3.63, 3.8) is 0 Å². The first-order valence-corrected chi connectivity index (χ1v) is 8.74. The molecule has 0 radical (unpaired) electrons. The third-order valence-electron chi connectivity index (χ3n) is 4.36. The van der Waals surface area contributed by atoms with Crippen molar-refractivity contribution in [2.45, 2.75) is 32.0 Å². The summed E-state index contributed by atoms with van der Waals surface area (Å²) in [6.45, 7) is 1.35. The largest absolute Gasteiger partial charge is 0.404 e. The smallest absolute Gasteiger partial charge is 0.338 e. The highest BCUT2D eigenvalue weighted by Crippen LogP contribution is 2.45. The fourth-order valence-corrected chi connectivity index (χ4v) is 4.83. The third kappa shape index (κ3) is 2.90. The van der Waals surface area contributed by atoms with E-state index in [9.17, 15) is 26.4 Å². The maximum Gasteiger partial charge on any atom is 0.404 e. The zero-order valence-corrected chi connectivity index (χ0v) is 12.6. The van der Waals surface area contributed by atoms with Crippen LogP contribution >= 0.6 is 0 Å². The number of carbonyl (C=O) groups excluding carboxylic acids is 1. The van der Waals surface area contributed by atoms with Gasteiger partial charge in [-0.25, -0.2) is 8.42 Å². The number of sulfone groups is 1.